The maximum Gasteiger partial charge on any atom is 0.232 e. The van der Waals surface area contributed by atoms with Crippen LogP contribution in [0.2, 0.25) is 0 Å². The van der Waals surface area contributed by atoms with Gasteiger partial charge in [0.15, 0.2) is 5.76 Å². The SMILES string of the molecule is CC1CNCCN1Cc1c(O)ccc2c1O/C(=C\c1n[nH]c3ccccc13)C2=O. The van der Waals surface area contributed by atoms with Gasteiger partial charge in [-0.25, -0.2) is 0 Å². The molecule has 1 unspecified atom stereocenters. The number of benzene rings is 2. The Labute approximate surface area is 168 Å². The van der Waals surface area contributed by atoms with E-state index in [4.69, 9.17) is 4.74 Å². The number of aromatic hydroxyl groups is 1. The molecule has 1 saturated heterocycles. The number of rotatable bonds is 3. The first kappa shape index (κ1) is 17.9. The monoisotopic (exact) mass is 390 g/mol. The van der Waals surface area contributed by atoms with Gasteiger partial charge in [-0.3, -0.25) is 14.8 Å². The number of para-hydroxylation sites is 1. The number of Topliss-reactive ketones (excluding diaryl/α,β-unsaturated/α-hetero) is 1. The van der Waals surface area contributed by atoms with Crippen LogP contribution in [0.25, 0.3) is 17.0 Å². The van der Waals surface area contributed by atoms with Crippen molar-refractivity contribution >= 4 is 22.8 Å². The molecule has 0 amide bonds. The summed E-state index contributed by atoms with van der Waals surface area (Å²) in [4.78, 5) is 15.2. The van der Waals surface area contributed by atoms with Gasteiger partial charge in [0.1, 0.15) is 11.5 Å². The summed E-state index contributed by atoms with van der Waals surface area (Å²) in [6.45, 7) is 5.35. The van der Waals surface area contributed by atoms with E-state index >= 15 is 0 Å². The topological polar surface area (TPSA) is 90.5 Å². The number of H-pyrrole nitrogens is 1. The molecule has 0 saturated carbocycles. The molecule has 0 spiro atoms. The number of nitrogens with one attached hydrogen (secondary N) is 2. The fraction of sp³-hybridized carbons (Fsp3) is 0.273. The van der Waals surface area contributed by atoms with Gasteiger partial charge in [-0.1, -0.05) is 18.2 Å². The third-order valence-electron chi connectivity index (χ3n) is 5.68. The molecule has 3 N–H and O–H groups in total. The van der Waals surface area contributed by atoms with Gasteiger partial charge in [-0.15, -0.1) is 0 Å². The van der Waals surface area contributed by atoms with Crippen LogP contribution in [-0.4, -0.2) is 51.7 Å². The van der Waals surface area contributed by atoms with Crippen LogP contribution >= 0.6 is 0 Å². The van der Waals surface area contributed by atoms with Crippen molar-refractivity contribution in [1.29, 1.82) is 0 Å². The van der Waals surface area contributed by atoms with E-state index in [1.54, 1.807) is 18.2 Å². The van der Waals surface area contributed by atoms with Crippen molar-refractivity contribution in [2.24, 2.45) is 0 Å². The molecule has 3 heterocycles. The highest BCUT2D eigenvalue weighted by atomic mass is 16.5. The summed E-state index contributed by atoms with van der Waals surface area (Å²) >= 11 is 0. The lowest BCUT2D eigenvalue weighted by Gasteiger charge is -2.34. The van der Waals surface area contributed by atoms with E-state index in [1.165, 1.54) is 0 Å². The lowest BCUT2D eigenvalue weighted by Crippen LogP contribution is -2.49. The lowest BCUT2D eigenvalue weighted by atomic mass is 10.0. The maximum atomic E-state index is 12.9. The number of phenols is 1. The van der Waals surface area contributed by atoms with Crippen molar-refractivity contribution in [2.45, 2.75) is 19.5 Å². The zero-order valence-corrected chi connectivity index (χ0v) is 16.1. The number of hydrogen-bond donors (Lipinski definition) is 3. The van der Waals surface area contributed by atoms with Crippen molar-refractivity contribution in [3.63, 3.8) is 0 Å². The first-order valence-electron chi connectivity index (χ1n) is 9.79. The standard InChI is InChI=1S/C22H22N4O3/c1-13-11-23-8-9-26(13)12-16-19(27)7-6-15-21(28)20(29-22(15)16)10-18-14-4-2-3-5-17(14)24-25-18/h2-7,10,13,23,27H,8-9,11-12H2,1H3,(H,24,25)/b20-10-. The third kappa shape index (κ3) is 3.08. The largest absolute Gasteiger partial charge is 0.507 e. The molecule has 3 aromatic rings. The molecule has 1 atom stereocenters. The molecule has 5 rings (SSSR count). The molecular weight excluding hydrogens is 368 g/mol. The van der Waals surface area contributed by atoms with Gasteiger partial charge < -0.3 is 15.2 Å². The summed E-state index contributed by atoms with van der Waals surface area (Å²) < 4.78 is 5.99. The molecule has 7 nitrogen and oxygen atoms in total. The number of piperazine rings is 1. The van der Waals surface area contributed by atoms with Crippen LogP contribution < -0.4 is 10.1 Å². The fourth-order valence-electron chi connectivity index (χ4n) is 3.99. The number of nitrogens with zero attached hydrogens (tertiary/aromatic N) is 2. The minimum absolute atomic E-state index is 0.147. The molecule has 0 bridgehead atoms. The Morgan fingerprint density at radius 1 is 1.31 bits per heavy atom. The molecule has 7 heteroatoms. The number of aromatic amines is 1. The highest BCUT2D eigenvalue weighted by Gasteiger charge is 2.32. The summed E-state index contributed by atoms with van der Waals surface area (Å²) in [6, 6.07) is 11.3. The third-order valence-corrected chi connectivity index (χ3v) is 5.68. The van der Waals surface area contributed by atoms with E-state index in [1.807, 2.05) is 24.3 Å². The predicted molar refractivity (Wildman–Crippen MR) is 110 cm³/mol. The zero-order chi connectivity index (χ0) is 20.0. The molecule has 148 valence electrons. The smallest absolute Gasteiger partial charge is 0.232 e. The Morgan fingerprint density at radius 2 is 2.17 bits per heavy atom. The second kappa shape index (κ2) is 7.02. The summed E-state index contributed by atoms with van der Waals surface area (Å²) in [6.07, 6.45) is 1.66. The minimum Gasteiger partial charge on any atom is -0.507 e. The Bertz CT molecular complexity index is 1130. The van der Waals surface area contributed by atoms with Gasteiger partial charge in [-0.2, -0.15) is 5.10 Å². The van der Waals surface area contributed by atoms with Crippen LogP contribution in [0.15, 0.2) is 42.2 Å². The van der Waals surface area contributed by atoms with Gasteiger partial charge >= 0.3 is 0 Å². The van der Waals surface area contributed by atoms with E-state index in [0.29, 0.717) is 35.2 Å². The summed E-state index contributed by atoms with van der Waals surface area (Å²) in [5, 5.41) is 22.0. The predicted octanol–water partition coefficient (Wildman–Crippen LogP) is 2.68. The number of phenolic OH excluding ortho intramolecular Hbond substituents is 1. The second-order valence-electron chi connectivity index (χ2n) is 7.56. The summed E-state index contributed by atoms with van der Waals surface area (Å²) in [5.41, 5.74) is 2.68. The van der Waals surface area contributed by atoms with Crippen molar-refractivity contribution < 1.29 is 14.6 Å². The first-order valence-corrected chi connectivity index (χ1v) is 9.79. The van der Waals surface area contributed by atoms with Crippen molar-refractivity contribution in [2.75, 3.05) is 19.6 Å². The van der Waals surface area contributed by atoms with Gasteiger partial charge in [0.05, 0.1) is 22.3 Å². The highest BCUT2D eigenvalue weighted by molar-refractivity contribution is 6.15. The lowest BCUT2D eigenvalue weighted by molar-refractivity contribution is 0.101. The highest BCUT2D eigenvalue weighted by Crippen LogP contribution is 2.40. The molecule has 2 aliphatic heterocycles. The van der Waals surface area contributed by atoms with E-state index in [2.05, 4.69) is 27.3 Å². The Kier molecular flexibility index (Phi) is 4.34. The molecule has 2 aromatic carbocycles. The van der Waals surface area contributed by atoms with E-state index in [9.17, 15) is 9.90 Å². The van der Waals surface area contributed by atoms with Gasteiger partial charge in [0.2, 0.25) is 5.78 Å². The van der Waals surface area contributed by atoms with Crippen molar-refractivity contribution in [3.8, 4) is 11.5 Å². The van der Waals surface area contributed by atoms with Gasteiger partial charge in [-0.05, 0) is 25.1 Å². The van der Waals surface area contributed by atoms with Gasteiger partial charge in [0.25, 0.3) is 0 Å². The van der Waals surface area contributed by atoms with Crippen molar-refractivity contribution in [1.82, 2.24) is 20.4 Å². The fourth-order valence-corrected chi connectivity index (χ4v) is 3.99. The zero-order valence-electron chi connectivity index (χ0n) is 16.1. The van der Waals surface area contributed by atoms with E-state index < -0.39 is 0 Å². The molecular formula is C22H22N4O3. The Morgan fingerprint density at radius 3 is 3.03 bits per heavy atom. The summed E-state index contributed by atoms with van der Waals surface area (Å²) in [5.74, 6) is 0.625. The second-order valence-corrected chi connectivity index (χ2v) is 7.56. The number of ether oxygens (including phenoxy) is 1. The average Bonchev–Trinajstić information content (AvgIpc) is 3.28. The van der Waals surface area contributed by atoms with Crippen LogP contribution in [0.5, 0.6) is 11.5 Å². The minimum atomic E-state index is -0.193. The molecule has 2 aliphatic rings. The van der Waals surface area contributed by atoms with Crippen LogP contribution in [0.1, 0.15) is 28.5 Å². The molecule has 1 aromatic heterocycles. The molecule has 1 fully saturated rings. The van der Waals surface area contributed by atoms with Crippen LogP contribution in [0.3, 0.4) is 0 Å². The van der Waals surface area contributed by atoms with Crippen molar-refractivity contribution in [3.05, 3.63) is 59.0 Å². The Hall–Kier alpha value is -3.16. The quantitative estimate of drug-likeness (QED) is 0.596. The number of allylic oxidation sites excluding steroid dienone is 1. The van der Waals surface area contributed by atoms with Crippen LogP contribution in [0, 0.1) is 0 Å². The normalized spacial score (nSPS) is 20.9. The number of ketones is 1. The number of aromatic nitrogens is 2. The number of fused-ring (bicyclic) bond motifs is 2. The molecule has 0 radical (unpaired) electrons. The molecule has 29 heavy (non-hydrogen) atoms. The maximum absolute atomic E-state index is 12.9. The number of carbonyl (C=O) groups excluding carboxylic acids is 1. The van der Waals surface area contributed by atoms with Crippen LogP contribution in [-0.2, 0) is 6.54 Å². The first-order chi connectivity index (χ1) is 14.1. The molecule has 0 aliphatic carbocycles. The van der Waals surface area contributed by atoms with E-state index in [0.717, 1.165) is 30.5 Å². The number of hydrogen-bond acceptors (Lipinski definition) is 6. The average molecular weight is 390 g/mol. The van der Waals surface area contributed by atoms with Crippen LogP contribution in [0.4, 0.5) is 0 Å². The summed E-state index contributed by atoms with van der Waals surface area (Å²) in [7, 11) is 0. The Balaban J connectivity index is 1.50. The number of carbonyl (C=O) groups is 1. The van der Waals surface area contributed by atoms with E-state index in [-0.39, 0.29) is 17.3 Å². The van der Waals surface area contributed by atoms with Gasteiger partial charge in [0, 0.05) is 43.7 Å².